The molecule has 5 heteroatoms. The van der Waals surface area contributed by atoms with Gasteiger partial charge in [0.1, 0.15) is 5.84 Å². The van der Waals surface area contributed by atoms with Crippen molar-refractivity contribution in [3.05, 3.63) is 29.3 Å². The molecule has 1 aromatic carbocycles. The summed E-state index contributed by atoms with van der Waals surface area (Å²) in [6, 6.07) is 7.97. The zero-order valence-corrected chi connectivity index (χ0v) is 11.3. The van der Waals surface area contributed by atoms with Crippen LogP contribution in [0.1, 0.15) is 6.92 Å². The lowest BCUT2D eigenvalue weighted by atomic mass is 10.2. The van der Waals surface area contributed by atoms with Crippen molar-refractivity contribution in [2.45, 2.75) is 13.0 Å². The van der Waals surface area contributed by atoms with Gasteiger partial charge in [-0.3, -0.25) is 10.3 Å². The van der Waals surface area contributed by atoms with E-state index >= 15 is 0 Å². The molecule has 0 amide bonds. The number of halogens is 1. The molecular weight excluding hydrogens is 248 g/mol. The topological polar surface area (TPSA) is 56.4 Å². The number of rotatable bonds is 3. The Bertz CT molecular complexity index is 410. The molecule has 4 nitrogen and oxygen atoms in total. The fourth-order valence-electron chi connectivity index (χ4n) is 2.22. The summed E-state index contributed by atoms with van der Waals surface area (Å²) in [4.78, 5) is 4.58. The quantitative estimate of drug-likeness (QED) is 0.648. The van der Waals surface area contributed by atoms with Crippen LogP contribution in [0, 0.1) is 5.41 Å². The molecule has 1 fully saturated rings. The Kier molecular flexibility index (Phi) is 4.09. The van der Waals surface area contributed by atoms with E-state index in [1.165, 1.54) is 5.69 Å². The van der Waals surface area contributed by atoms with Gasteiger partial charge >= 0.3 is 0 Å². The van der Waals surface area contributed by atoms with Crippen molar-refractivity contribution in [1.29, 1.82) is 5.41 Å². The number of nitrogens with zero attached hydrogens (tertiary/aromatic N) is 2. The molecule has 0 aliphatic carbocycles. The Morgan fingerprint density at radius 3 is 2.28 bits per heavy atom. The average molecular weight is 267 g/mol. The number of anilines is 1. The van der Waals surface area contributed by atoms with Crippen LogP contribution in [-0.2, 0) is 0 Å². The molecule has 1 unspecified atom stereocenters. The van der Waals surface area contributed by atoms with E-state index in [-0.39, 0.29) is 11.9 Å². The maximum atomic E-state index is 7.48. The van der Waals surface area contributed by atoms with Crippen LogP contribution in [-0.4, -0.2) is 43.0 Å². The van der Waals surface area contributed by atoms with Crippen LogP contribution < -0.4 is 10.6 Å². The summed E-state index contributed by atoms with van der Waals surface area (Å²) >= 11 is 5.89. The van der Waals surface area contributed by atoms with E-state index in [0.717, 1.165) is 31.2 Å². The van der Waals surface area contributed by atoms with Gasteiger partial charge in [0.2, 0.25) is 0 Å². The third kappa shape index (κ3) is 2.94. The highest BCUT2D eigenvalue weighted by Gasteiger charge is 2.22. The molecule has 1 aromatic rings. The second-order valence-electron chi connectivity index (χ2n) is 4.63. The first-order valence-electron chi connectivity index (χ1n) is 6.16. The van der Waals surface area contributed by atoms with Gasteiger partial charge in [0.25, 0.3) is 0 Å². The van der Waals surface area contributed by atoms with Crippen molar-refractivity contribution < 1.29 is 0 Å². The number of piperazine rings is 1. The summed E-state index contributed by atoms with van der Waals surface area (Å²) < 4.78 is 0. The van der Waals surface area contributed by atoms with E-state index in [9.17, 15) is 0 Å². The fourth-order valence-corrected chi connectivity index (χ4v) is 2.34. The predicted octanol–water partition coefficient (Wildman–Crippen LogP) is 1.79. The zero-order chi connectivity index (χ0) is 13.1. The normalized spacial score (nSPS) is 18.7. The van der Waals surface area contributed by atoms with Crippen molar-refractivity contribution in [2.75, 3.05) is 31.1 Å². The SMILES string of the molecule is CC(C(=N)N)N1CCN(c2ccc(Cl)cc2)CC1. The standard InChI is InChI=1S/C13H19ClN4/c1-10(13(15)16)17-6-8-18(9-7-17)12-4-2-11(14)3-5-12/h2-5,10H,6-9H2,1H3,(H3,15,16). The Morgan fingerprint density at radius 2 is 1.78 bits per heavy atom. The smallest absolute Gasteiger partial charge is 0.108 e. The first-order chi connectivity index (χ1) is 8.58. The second kappa shape index (κ2) is 5.59. The molecule has 1 heterocycles. The molecule has 1 aliphatic heterocycles. The van der Waals surface area contributed by atoms with E-state index in [4.69, 9.17) is 22.7 Å². The van der Waals surface area contributed by atoms with Gasteiger partial charge in [-0.2, -0.15) is 0 Å². The van der Waals surface area contributed by atoms with Crippen LogP contribution in [0.15, 0.2) is 24.3 Å². The number of nitrogens with one attached hydrogen (secondary N) is 1. The second-order valence-corrected chi connectivity index (χ2v) is 5.07. The highest BCUT2D eigenvalue weighted by atomic mass is 35.5. The van der Waals surface area contributed by atoms with Crippen molar-refractivity contribution in [3.63, 3.8) is 0 Å². The Balaban J connectivity index is 1.94. The van der Waals surface area contributed by atoms with Gasteiger partial charge in [0.05, 0.1) is 6.04 Å². The zero-order valence-electron chi connectivity index (χ0n) is 10.6. The first kappa shape index (κ1) is 13.2. The molecular formula is C13H19ClN4. The minimum Gasteiger partial charge on any atom is -0.386 e. The van der Waals surface area contributed by atoms with E-state index in [1.54, 1.807) is 0 Å². The van der Waals surface area contributed by atoms with Gasteiger partial charge in [-0.1, -0.05) is 11.6 Å². The van der Waals surface area contributed by atoms with Gasteiger partial charge in [0, 0.05) is 36.9 Å². The van der Waals surface area contributed by atoms with Gasteiger partial charge < -0.3 is 10.6 Å². The van der Waals surface area contributed by atoms with Crippen LogP contribution in [0.4, 0.5) is 5.69 Å². The first-order valence-corrected chi connectivity index (χ1v) is 6.54. The molecule has 0 spiro atoms. The fraction of sp³-hybridized carbons (Fsp3) is 0.462. The summed E-state index contributed by atoms with van der Waals surface area (Å²) in [6.45, 7) is 5.77. The van der Waals surface area contributed by atoms with E-state index < -0.39 is 0 Å². The lowest BCUT2D eigenvalue weighted by Gasteiger charge is -2.38. The van der Waals surface area contributed by atoms with Crippen LogP contribution in [0.25, 0.3) is 0 Å². The lowest BCUT2D eigenvalue weighted by molar-refractivity contribution is 0.237. The van der Waals surface area contributed by atoms with Gasteiger partial charge in [-0.15, -0.1) is 0 Å². The van der Waals surface area contributed by atoms with E-state index in [2.05, 4.69) is 9.80 Å². The number of nitrogens with two attached hydrogens (primary N) is 1. The monoisotopic (exact) mass is 266 g/mol. The van der Waals surface area contributed by atoms with Crippen molar-refractivity contribution in [1.82, 2.24) is 4.90 Å². The molecule has 0 saturated carbocycles. The minimum atomic E-state index is 0.0392. The van der Waals surface area contributed by atoms with Crippen LogP contribution in [0.5, 0.6) is 0 Å². The minimum absolute atomic E-state index is 0.0392. The average Bonchev–Trinajstić information content (AvgIpc) is 2.39. The molecule has 1 aliphatic rings. The molecule has 0 radical (unpaired) electrons. The number of amidine groups is 1. The molecule has 0 aromatic heterocycles. The largest absolute Gasteiger partial charge is 0.386 e. The maximum absolute atomic E-state index is 7.48. The molecule has 3 N–H and O–H groups in total. The van der Waals surface area contributed by atoms with Crippen LogP contribution in [0.3, 0.4) is 0 Å². The molecule has 0 bridgehead atoms. The Morgan fingerprint density at radius 1 is 1.22 bits per heavy atom. The van der Waals surface area contributed by atoms with E-state index in [0.29, 0.717) is 0 Å². The Hall–Kier alpha value is -1.26. The third-order valence-electron chi connectivity index (χ3n) is 3.50. The number of benzene rings is 1. The summed E-state index contributed by atoms with van der Waals surface area (Å²) in [7, 11) is 0. The van der Waals surface area contributed by atoms with Gasteiger partial charge in [-0.25, -0.2) is 0 Å². The molecule has 2 rings (SSSR count). The number of hydrogen-bond acceptors (Lipinski definition) is 3. The van der Waals surface area contributed by atoms with E-state index in [1.807, 2.05) is 31.2 Å². The Labute approximate surface area is 113 Å². The van der Waals surface area contributed by atoms with Crippen LogP contribution in [0.2, 0.25) is 5.02 Å². The van der Waals surface area contributed by atoms with Crippen molar-refractivity contribution >= 4 is 23.1 Å². The van der Waals surface area contributed by atoms with Gasteiger partial charge in [-0.05, 0) is 31.2 Å². The highest BCUT2D eigenvalue weighted by molar-refractivity contribution is 6.30. The summed E-state index contributed by atoms with van der Waals surface area (Å²) in [5, 5.41) is 8.25. The van der Waals surface area contributed by atoms with Crippen LogP contribution >= 0.6 is 11.6 Å². The van der Waals surface area contributed by atoms with Crippen molar-refractivity contribution in [3.8, 4) is 0 Å². The molecule has 1 saturated heterocycles. The predicted molar refractivity (Wildman–Crippen MR) is 76.6 cm³/mol. The van der Waals surface area contributed by atoms with Gasteiger partial charge in [0.15, 0.2) is 0 Å². The highest BCUT2D eigenvalue weighted by Crippen LogP contribution is 2.19. The molecule has 18 heavy (non-hydrogen) atoms. The maximum Gasteiger partial charge on any atom is 0.108 e. The molecule has 1 atom stereocenters. The summed E-state index contributed by atoms with van der Waals surface area (Å²) in [6.07, 6.45) is 0. The lowest BCUT2D eigenvalue weighted by Crippen LogP contribution is -2.53. The number of hydrogen-bond donors (Lipinski definition) is 2. The summed E-state index contributed by atoms with van der Waals surface area (Å²) in [5.41, 5.74) is 6.75. The summed E-state index contributed by atoms with van der Waals surface area (Å²) in [5.74, 6) is 0.245. The third-order valence-corrected chi connectivity index (χ3v) is 3.76. The molecule has 98 valence electrons. The van der Waals surface area contributed by atoms with Crippen molar-refractivity contribution in [2.24, 2.45) is 5.73 Å².